The SMILES string of the molecule is N#Cc1cccc2c1Sc1ccccc1S2. The van der Waals surface area contributed by atoms with Crippen molar-refractivity contribution in [3.05, 3.63) is 48.0 Å². The molecule has 0 bridgehead atoms. The summed E-state index contributed by atoms with van der Waals surface area (Å²) >= 11 is 3.43. The average molecular weight is 241 g/mol. The van der Waals surface area contributed by atoms with Crippen molar-refractivity contribution < 1.29 is 0 Å². The molecule has 0 atom stereocenters. The highest BCUT2D eigenvalue weighted by molar-refractivity contribution is 8.05. The van der Waals surface area contributed by atoms with E-state index in [0.717, 1.165) is 10.5 Å². The van der Waals surface area contributed by atoms with Crippen molar-refractivity contribution in [2.75, 3.05) is 0 Å². The largest absolute Gasteiger partial charge is 0.192 e. The van der Waals surface area contributed by atoms with Crippen molar-refractivity contribution in [1.29, 1.82) is 5.26 Å². The third kappa shape index (κ3) is 1.51. The van der Waals surface area contributed by atoms with Crippen LogP contribution in [0.2, 0.25) is 0 Å². The molecule has 2 aromatic carbocycles. The van der Waals surface area contributed by atoms with Gasteiger partial charge in [-0.1, -0.05) is 41.7 Å². The van der Waals surface area contributed by atoms with E-state index >= 15 is 0 Å². The van der Waals surface area contributed by atoms with Gasteiger partial charge in [0.1, 0.15) is 6.07 Å². The van der Waals surface area contributed by atoms with Gasteiger partial charge in [0.15, 0.2) is 0 Å². The van der Waals surface area contributed by atoms with Crippen LogP contribution in [0.15, 0.2) is 62.0 Å². The highest BCUT2D eigenvalue weighted by atomic mass is 32.2. The predicted molar refractivity (Wildman–Crippen MR) is 65.8 cm³/mol. The zero-order valence-electron chi connectivity index (χ0n) is 8.31. The van der Waals surface area contributed by atoms with Gasteiger partial charge >= 0.3 is 0 Å². The highest BCUT2D eigenvalue weighted by Crippen LogP contribution is 2.49. The Kier molecular flexibility index (Phi) is 2.39. The normalized spacial score (nSPS) is 12.4. The first kappa shape index (κ1) is 9.83. The van der Waals surface area contributed by atoms with Gasteiger partial charge in [-0.2, -0.15) is 5.26 Å². The Balaban J connectivity index is 2.16. The van der Waals surface area contributed by atoms with Crippen molar-refractivity contribution in [2.24, 2.45) is 0 Å². The molecule has 0 N–H and O–H groups in total. The van der Waals surface area contributed by atoms with Crippen LogP contribution in [-0.4, -0.2) is 0 Å². The molecule has 0 saturated carbocycles. The lowest BCUT2D eigenvalue weighted by molar-refractivity contribution is 1.14. The topological polar surface area (TPSA) is 23.8 Å². The number of benzene rings is 2. The Hall–Kier alpha value is -1.37. The van der Waals surface area contributed by atoms with Gasteiger partial charge in [0.2, 0.25) is 0 Å². The first-order valence-corrected chi connectivity index (χ1v) is 6.49. The number of nitriles is 1. The van der Waals surface area contributed by atoms with Crippen molar-refractivity contribution in [3.63, 3.8) is 0 Å². The van der Waals surface area contributed by atoms with E-state index in [1.807, 2.05) is 24.3 Å². The Morgan fingerprint density at radius 2 is 1.50 bits per heavy atom. The molecule has 16 heavy (non-hydrogen) atoms. The maximum absolute atomic E-state index is 9.07. The van der Waals surface area contributed by atoms with Gasteiger partial charge in [0.05, 0.1) is 5.56 Å². The lowest BCUT2D eigenvalue weighted by Gasteiger charge is -2.18. The molecule has 1 heterocycles. The fourth-order valence-electron chi connectivity index (χ4n) is 1.64. The summed E-state index contributed by atoms with van der Waals surface area (Å²) in [5, 5.41) is 9.07. The van der Waals surface area contributed by atoms with Crippen LogP contribution in [0.5, 0.6) is 0 Å². The molecule has 1 aliphatic rings. The summed E-state index contributed by atoms with van der Waals surface area (Å²) in [6.45, 7) is 0. The smallest absolute Gasteiger partial charge is 0.100 e. The van der Waals surface area contributed by atoms with E-state index in [0.29, 0.717) is 0 Å². The number of hydrogen-bond donors (Lipinski definition) is 0. The molecule has 1 aliphatic heterocycles. The van der Waals surface area contributed by atoms with Crippen LogP contribution in [0, 0.1) is 11.3 Å². The Morgan fingerprint density at radius 3 is 2.25 bits per heavy atom. The first-order valence-electron chi connectivity index (χ1n) is 4.86. The summed E-state index contributed by atoms with van der Waals surface area (Å²) in [6, 6.07) is 16.4. The Labute approximate surface area is 102 Å². The molecule has 0 fully saturated rings. The van der Waals surface area contributed by atoms with E-state index in [9.17, 15) is 0 Å². The van der Waals surface area contributed by atoms with Crippen LogP contribution in [0.4, 0.5) is 0 Å². The van der Waals surface area contributed by atoms with Crippen LogP contribution >= 0.6 is 23.5 Å². The molecule has 1 nitrogen and oxygen atoms in total. The second-order valence-electron chi connectivity index (χ2n) is 3.40. The average Bonchev–Trinajstić information content (AvgIpc) is 2.35. The van der Waals surface area contributed by atoms with Crippen molar-refractivity contribution in [3.8, 4) is 6.07 Å². The summed E-state index contributed by atoms with van der Waals surface area (Å²) in [5.74, 6) is 0. The molecule has 2 aromatic rings. The quantitative estimate of drug-likeness (QED) is 0.590. The van der Waals surface area contributed by atoms with Crippen LogP contribution in [0.3, 0.4) is 0 Å². The molecule has 0 amide bonds. The first-order chi connectivity index (χ1) is 7.88. The fraction of sp³-hybridized carbons (Fsp3) is 0. The number of fused-ring (bicyclic) bond motifs is 2. The standard InChI is InChI=1S/C13H7NS2/c14-8-9-4-3-7-12-13(9)16-11-6-2-1-5-10(11)15-12/h1-7H. The maximum Gasteiger partial charge on any atom is 0.100 e. The van der Waals surface area contributed by atoms with Gasteiger partial charge in [-0.3, -0.25) is 0 Å². The van der Waals surface area contributed by atoms with E-state index in [-0.39, 0.29) is 0 Å². The summed E-state index contributed by atoms with van der Waals surface area (Å²) in [6.07, 6.45) is 0. The molecule has 0 aromatic heterocycles. The van der Waals surface area contributed by atoms with E-state index in [2.05, 4.69) is 24.3 Å². The van der Waals surface area contributed by atoms with Gasteiger partial charge in [-0.05, 0) is 24.3 Å². The van der Waals surface area contributed by atoms with E-state index < -0.39 is 0 Å². The van der Waals surface area contributed by atoms with Crippen LogP contribution in [0.25, 0.3) is 0 Å². The van der Waals surface area contributed by atoms with Gasteiger partial charge in [-0.25, -0.2) is 0 Å². The zero-order chi connectivity index (χ0) is 11.0. The van der Waals surface area contributed by atoms with Crippen molar-refractivity contribution in [1.82, 2.24) is 0 Å². The minimum Gasteiger partial charge on any atom is -0.192 e. The van der Waals surface area contributed by atoms with Crippen LogP contribution < -0.4 is 0 Å². The summed E-state index contributed by atoms with van der Waals surface area (Å²) in [5.41, 5.74) is 0.768. The fourth-order valence-corrected chi connectivity index (χ4v) is 3.97. The monoisotopic (exact) mass is 241 g/mol. The number of nitrogens with zero attached hydrogens (tertiary/aromatic N) is 1. The Bertz CT molecular complexity index is 599. The molecule has 76 valence electrons. The summed E-state index contributed by atoms with van der Waals surface area (Å²) in [4.78, 5) is 4.79. The molecular formula is C13H7NS2. The van der Waals surface area contributed by atoms with Gasteiger partial charge in [-0.15, -0.1) is 0 Å². The van der Waals surface area contributed by atoms with Gasteiger partial charge in [0, 0.05) is 19.6 Å². The third-order valence-corrected chi connectivity index (χ3v) is 4.99. The van der Waals surface area contributed by atoms with Gasteiger partial charge in [0.25, 0.3) is 0 Å². The molecule has 3 rings (SSSR count). The van der Waals surface area contributed by atoms with Crippen molar-refractivity contribution in [2.45, 2.75) is 19.6 Å². The summed E-state index contributed by atoms with van der Waals surface area (Å²) in [7, 11) is 0. The number of hydrogen-bond acceptors (Lipinski definition) is 3. The maximum atomic E-state index is 9.07. The lowest BCUT2D eigenvalue weighted by Crippen LogP contribution is -1.91. The molecule has 0 unspecified atom stereocenters. The second kappa shape index (κ2) is 3.89. The minimum absolute atomic E-state index is 0.768. The Morgan fingerprint density at radius 1 is 0.812 bits per heavy atom. The van der Waals surface area contributed by atoms with Crippen LogP contribution in [0.1, 0.15) is 5.56 Å². The van der Waals surface area contributed by atoms with Crippen LogP contribution in [-0.2, 0) is 0 Å². The minimum atomic E-state index is 0.768. The third-order valence-electron chi connectivity index (χ3n) is 2.38. The molecule has 0 radical (unpaired) electrons. The second-order valence-corrected chi connectivity index (χ2v) is 5.53. The number of rotatable bonds is 0. The van der Waals surface area contributed by atoms with E-state index in [1.165, 1.54) is 14.7 Å². The molecule has 0 saturated heterocycles. The lowest BCUT2D eigenvalue weighted by atomic mass is 10.2. The molecular weight excluding hydrogens is 234 g/mol. The molecule has 0 aliphatic carbocycles. The molecule has 3 heteroatoms. The van der Waals surface area contributed by atoms with E-state index in [1.54, 1.807) is 23.5 Å². The molecule has 0 spiro atoms. The predicted octanol–water partition coefficient (Wildman–Crippen LogP) is 4.17. The summed E-state index contributed by atoms with van der Waals surface area (Å²) < 4.78 is 0. The zero-order valence-corrected chi connectivity index (χ0v) is 9.94. The highest BCUT2D eigenvalue weighted by Gasteiger charge is 2.18. The van der Waals surface area contributed by atoms with Gasteiger partial charge < -0.3 is 0 Å². The van der Waals surface area contributed by atoms with E-state index in [4.69, 9.17) is 5.26 Å². The van der Waals surface area contributed by atoms with Crippen molar-refractivity contribution >= 4 is 23.5 Å².